The maximum Gasteiger partial charge on any atom is 0.313 e. The van der Waals surface area contributed by atoms with Gasteiger partial charge in [-0.2, -0.15) is 0 Å². The average molecular weight is 512 g/mol. The van der Waals surface area contributed by atoms with Gasteiger partial charge in [-0.05, 0) is 46.7 Å². The summed E-state index contributed by atoms with van der Waals surface area (Å²) in [5.74, 6) is -1.38. The third-order valence-electron chi connectivity index (χ3n) is 6.00. The van der Waals surface area contributed by atoms with Gasteiger partial charge in [0, 0.05) is 11.3 Å². The van der Waals surface area contributed by atoms with Crippen molar-refractivity contribution in [2.24, 2.45) is 0 Å². The molecule has 2 N–H and O–H groups in total. The van der Waals surface area contributed by atoms with Crippen LogP contribution in [-0.2, 0) is 20.5 Å². The SMILES string of the molecule is C=COC(=O)CC(O)C(c1c(C(C)C)nc(-c2ccccc2)c(CC)c1-c1ccc(F)cc1)[PH](=O)O. The van der Waals surface area contributed by atoms with Crippen molar-refractivity contribution in [3.8, 4) is 22.4 Å². The van der Waals surface area contributed by atoms with Crippen LogP contribution in [0.5, 0.6) is 0 Å². The highest BCUT2D eigenvalue weighted by Gasteiger charge is 2.35. The van der Waals surface area contributed by atoms with Gasteiger partial charge >= 0.3 is 5.97 Å². The van der Waals surface area contributed by atoms with Gasteiger partial charge in [0.05, 0.1) is 30.1 Å². The van der Waals surface area contributed by atoms with Crippen molar-refractivity contribution in [1.82, 2.24) is 4.98 Å². The second-order valence-corrected chi connectivity index (χ2v) is 10.0. The molecule has 0 saturated carbocycles. The fourth-order valence-corrected chi connectivity index (χ4v) is 5.43. The van der Waals surface area contributed by atoms with Gasteiger partial charge in [0.15, 0.2) is 8.03 Å². The molecule has 0 aliphatic rings. The Bertz CT molecular complexity index is 1250. The van der Waals surface area contributed by atoms with Crippen LogP contribution in [0.2, 0.25) is 0 Å². The predicted molar refractivity (Wildman–Crippen MR) is 139 cm³/mol. The molecule has 3 aromatic rings. The number of rotatable bonds is 10. The second-order valence-electron chi connectivity index (χ2n) is 8.74. The Kier molecular flexibility index (Phi) is 9.32. The number of benzene rings is 2. The lowest BCUT2D eigenvalue weighted by molar-refractivity contribution is -0.140. The summed E-state index contributed by atoms with van der Waals surface area (Å²) in [5.41, 5.74) is 3.23. The minimum atomic E-state index is -3.43. The van der Waals surface area contributed by atoms with Gasteiger partial charge in [0.25, 0.3) is 0 Å². The number of ether oxygens (including phenoxy) is 1. The van der Waals surface area contributed by atoms with E-state index in [1.54, 1.807) is 12.1 Å². The summed E-state index contributed by atoms with van der Waals surface area (Å²) in [6.45, 7) is 9.10. The van der Waals surface area contributed by atoms with Crippen LogP contribution in [0.15, 0.2) is 67.4 Å². The van der Waals surface area contributed by atoms with E-state index in [0.717, 1.165) is 17.4 Å². The standard InChI is InChI=1S/C28H31FNO5P/c1-5-21-24(18-12-14-20(29)15-13-18)25(28(36(33)34)22(31)16-23(32)35-6-2)26(17(3)4)30-27(21)19-10-8-7-9-11-19/h6-15,17,22,28,31,36H,2,5,16H2,1,3-4H3,(H,33,34). The zero-order chi connectivity index (χ0) is 26.4. The normalized spacial score (nSPS) is 13.8. The quantitative estimate of drug-likeness (QED) is 0.192. The van der Waals surface area contributed by atoms with E-state index in [9.17, 15) is 23.7 Å². The molecule has 0 fully saturated rings. The van der Waals surface area contributed by atoms with E-state index in [-0.39, 0.29) is 5.92 Å². The molecule has 1 aromatic heterocycles. The Hall–Kier alpha value is -3.12. The van der Waals surface area contributed by atoms with Crippen LogP contribution in [0.1, 0.15) is 55.6 Å². The number of esters is 1. The molecule has 36 heavy (non-hydrogen) atoms. The van der Waals surface area contributed by atoms with E-state index in [0.29, 0.717) is 34.5 Å². The smallest absolute Gasteiger partial charge is 0.313 e. The first-order chi connectivity index (χ1) is 17.2. The van der Waals surface area contributed by atoms with Gasteiger partial charge in [0.1, 0.15) is 5.82 Å². The van der Waals surface area contributed by atoms with E-state index < -0.39 is 38.0 Å². The van der Waals surface area contributed by atoms with Gasteiger partial charge < -0.3 is 14.7 Å². The van der Waals surface area contributed by atoms with Gasteiger partial charge in [0.2, 0.25) is 0 Å². The summed E-state index contributed by atoms with van der Waals surface area (Å²) in [6, 6.07) is 15.4. The molecule has 0 saturated heterocycles. The molecule has 2 aromatic carbocycles. The zero-order valence-electron chi connectivity index (χ0n) is 20.6. The maximum absolute atomic E-state index is 13.9. The van der Waals surface area contributed by atoms with Crippen LogP contribution >= 0.6 is 8.03 Å². The third kappa shape index (κ3) is 5.98. The highest BCUT2D eigenvalue weighted by Crippen LogP contribution is 2.50. The molecule has 3 unspecified atom stereocenters. The largest absolute Gasteiger partial charge is 0.435 e. The summed E-state index contributed by atoms with van der Waals surface area (Å²) in [4.78, 5) is 27.5. The van der Waals surface area contributed by atoms with Gasteiger partial charge in [-0.1, -0.05) is 69.8 Å². The first-order valence-corrected chi connectivity index (χ1v) is 13.2. The maximum atomic E-state index is 13.9. The predicted octanol–water partition coefficient (Wildman–Crippen LogP) is 6.19. The Morgan fingerprint density at radius 3 is 2.31 bits per heavy atom. The number of aliphatic hydroxyl groups excluding tert-OH is 1. The van der Waals surface area contributed by atoms with E-state index >= 15 is 0 Å². The summed E-state index contributed by atoms with van der Waals surface area (Å²) in [6.07, 6.45) is -0.556. The van der Waals surface area contributed by atoms with Crippen LogP contribution < -0.4 is 0 Å². The number of aliphatic hydroxyl groups is 1. The second kappa shape index (κ2) is 12.2. The molecule has 1 heterocycles. The van der Waals surface area contributed by atoms with E-state index in [1.807, 2.05) is 51.1 Å². The topological polar surface area (TPSA) is 96.7 Å². The summed E-state index contributed by atoms with van der Waals surface area (Å²) in [5, 5.41) is 11.0. The Morgan fingerprint density at radius 1 is 1.14 bits per heavy atom. The van der Waals surface area contributed by atoms with Crippen molar-refractivity contribution in [1.29, 1.82) is 0 Å². The van der Waals surface area contributed by atoms with Gasteiger partial charge in [-0.15, -0.1) is 0 Å². The molecular weight excluding hydrogens is 480 g/mol. The number of hydrogen-bond donors (Lipinski definition) is 2. The molecule has 0 radical (unpaired) electrons. The zero-order valence-corrected chi connectivity index (χ0v) is 21.6. The molecule has 0 aliphatic carbocycles. The first kappa shape index (κ1) is 27.5. The number of hydrogen-bond acceptors (Lipinski definition) is 5. The molecule has 0 spiro atoms. The van der Waals surface area contributed by atoms with Crippen molar-refractivity contribution in [2.45, 2.75) is 51.3 Å². The van der Waals surface area contributed by atoms with E-state index in [4.69, 9.17) is 9.72 Å². The number of aromatic nitrogens is 1. The molecule has 0 aliphatic heterocycles. The first-order valence-electron chi connectivity index (χ1n) is 11.8. The Balaban J connectivity index is 2.42. The fourth-order valence-electron chi connectivity index (χ4n) is 4.45. The highest BCUT2D eigenvalue weighted by molar-refractivity contribution is 7.38. The molecule has 8 heteroatoms. The highest BCUT2D eigenvalue weighted by atomic mass is 31.1. The minimum Gasteiger partial charge on any atom is -0.435 e. The minimum absolute atomic E-state index is 0.191. The Morgan fingerprint density at radius 2 is 1.78 bits per heavy atom. The van der Waals surface area contributed by atoms with Crippen molar-refractivity contribution in [2.75, 3.05) is 0 Å². The third-order valence-corrected chi connectivity index (χ3v) is 7.20. The lowest BCUT2D eigenvalue weighted by Crippen LogP contribution is -2.24. The average Bonchev–Trinajstić information content (AvgIpc) is 2.84. The summed E-state index contributed by atoms with van der Waals surface area (Å²) >= 11 is 0. The van der Waals surface area contributed by atoms with E-state index in [1.165, 1.54) is 12.1 Å². The van der Waals surface area contributed by atoms with E-state index in [2.05, 4.69) is 6.58 Å². The number of halogens is 1. The summed E-state index contributed by atoms with van der Waals surface area (Å²) in [7, 11) is -3.43. The van der Waals surface area contributed by atoms with Gasteiger partial charge in [-0.3, -0.25) is 14.3 Å². The number of carbonyl (C=O) groups is 1. The van der Waals surface area contributed by atoms with Crippen molar-refractivity contribution in [3.63, 3.8) is 0 Å². The summed E-state index contributed by atoms with van der Waals surface area (Å²) < 4.78 is 31.4. The number of nitrogens with zero attached hydrogens (tertiary/aromatic N) is 1. The molecule has 3 atom stereocenters. The van der Waals surface area contributed by atoms with Crippen LogP contribution in [0.25, 0.3) is 22.4 Å². The van der Waals surface area contributed by atoms with Crippen molar-refractivity contribution >= 4 is 14.0 Å². The molecular formula is C28H31FNO5P. The molecule has 190 valence electrons. The lowest BCUT2D eigenvalue weighted by atomic mass is 9.84. The van der Waals surface area contributed by atoms with Crippen LogP contribution in [0.4, 0.5) is 4.39 Å². The molecule has 0 bridgehead atoms. The number of pyridine rings is 1. The molecule has 3 rings (SSSR count). The fraction of sp³-hybridized carbons (Fsp3) is 0.286. The van der Waals surface area contributed by atoms with Crippen LogP contribution in [0, 0.1) is 5.82 Å². The molecule has 6 nitrogen and oxygen atoms in total. The molecule has 0 amide bonds. The van der Waals surface area contributed by atoms with Gasteiger partial charge in [-0.25, -0.2) is 4.39 Å². The number of carbonyl (C=O) groups excluding carboxylic acids is 1. The van der Waals surface area contributed by atoms with Crippen LogP contribution in [-0.4, -0.2) is 27.1 Å². The van der Waals surface area contributed by atoms with Crippen molar-refractivity contribution < 1.29 is 28.5 Å². The monoisotopic (exact) mass is 511 g/mol. The van der Waals surface area contributed by atoms with Crippen molar-refractivity contribution in [3.05, 3.63) is 90.1 Å². The van der Waals surface area contributed by atoms with Crippen LogP contribution in [0.3, 0.4) is 0 Å². The lowest BCUT2D eigenvalue weighted by Gasteiger charge is -2.29. The Labute approximate surface area is 211 Å².